The largest absolute Gasteiger partial charge is 0.462 e. The molecule has 86 valence electrons. The van der Waals surface area contributed by atoms with Gasteiger partial charge in [0, 0.05) is 6.20 Å². The number of nitrogens with one attached hydrogen (secondary N) is 1. The fourth-order valence-electron chi connectivity index (χ4n) is 0.988. The molecular weight excluding hydrogens is 230 g/mol. The zero-order chi connectivity index (χ0) is 12.0. The van der Waals surface area contributed by atoms with Gasteiger partial charge in [0.2, 0.25) is 6.41 Å². The highest BCUT2D eigenvalue weighted by atomic mass is 32.2. The summed E-state index contributed by atoms with van der Waals surface area (Å²) >= 11 is 1.31. The summed E-state index contributed by atoms with van der Waals surface area (Å²) in [6, 6.07) is 0. The Balaban J connectivity index is 3.06. The van der Waals surface area contributed by atoms with Crippen molar-refractivity contribution in [1.29, 1.82) is 0 Å². The van der Waals surface area contributed by atoms with Gasteiger partial charge in [-0.05, 0) is 13.2 Å². The van der Waals surface area contributed by atoms with E-state index in [-0.39, 0.29) is 18.0 Å². The van der Waals surface area contributed by atoms with Crippen molar-refractivity contribution in [2.24, 2.45) is 0 Å². The molecule has 0 unspecified atom stereocenters. The van der Waals surface area contributed by atoms with E-state index in [0.29, 0.717) is 11.6 Å². The monoisotopic (exact) mass is 241 g/mol. The number of nitrogens with zero attached hydrogens (tertiary/aromatic N) is 2. The molecule has 0 aliphatic heterocycles. The predicted octanol–water partition coefficient (Wildman–Crippen LogP) is 0.944. The average molecular weight is 241 g/mol. The molecule has 1 aromatic heterocycles. The minimum absolute atomic E-state index is 0.145. The molecule has 0 bridgehead atoms. The lowest BCUT2D eigenvalue weighted by atomic mass is 10.3. The van der Waals surface area contributed by atoms with Crippen molar-refractivity contribution in [3.05, 3.63) is 11.8 Å². The maximum Gasteiger partial charge on any atom is 0.343 e. The fraction of sp³-hybridized carbons (Fsp3) is 0.333. The maximum atomic E-state index is 11.5. The van der Waals surface area contributed by atoms with E-state index in [0.717, 1.165) is 0 Å². The standard InChI is InChI=1S/C9H11N3O3S/c1-3-15-8(14)6-4-10-9(16-2)12-7(6)11-5-13/h4-5H,3H2,1-2H3,(H,10,11,12,13). The Morgan fingerprint density at radius 3 is 3.00 bits per heavy atom. The van der Waals surface area contributed by atoms with Gasteiger partial charge in [-0.3, -0.25) is 4.79 Å². The number of amides is 1. The molecule has 0 radical (unpaired) electrons. The number of thioether (sulfide) groups is 1. The quantitative estimate of drug-likeness (QED) is 0.357. The number of aromatic nitrogens is 2. The molecule has 16 heavy (non-hydrogen) atoms. The normalized spacial score (nSPS) is 9.62. The van der Waals surface area contributed by atoms with Crippen molar-refractivity contribution in [2.45, 2.75) is 12.1 Å². The second kappa shape index (κ2) is 6.06. The Kier molecular flexibility index (Phi) is 4.71. The molecule has 7 heteroatoms. The Labute approximate surface area is 96.8 Å². The number of hydrogen-bond donors (Lipinski definition) is 1. The van der Waals surface area contributed by atoms with E-state index in [9.17, 15) is 9.59 Å². The van der Waals surface area contributed by atoms with Crippen LogP contribution in [-0.2, 0) is 9.53 Å². The summed E-state index contributed by atoms with van der Waals surface area (Å²) < 4.78 is 4.81. The van der Waals surface area contributed by atoms with Crippen LogP contribution >= 0.6 is 11.8 Å². The van der Waals surface area contributed by atoms with Crippen molar-refractivity contribution in [3.63, 3.8) is 0 Å². The van der Waals surface area contributed by atoms with Gasteiger partial charge in [-0.15, -0.1) is 0 Å². The number of carbonyl (C=O) groups excluding carboxylic acids is 2. The van der Waals surface area contributed by atoms with Gasteiger partial charge in [0.15, 0.2) is 11.0 Å². The molecule has 0 aliphatic carbocycles. The van der Waals surface area contributed by atoms with Crippen LogP contribution in [0.5, 0.6) is 0 Å². The van der Waals surface area contributed by atoms with E-state index in [2.05, 4.69) is 15.3 Å². The molecule has 0 aromatic carbocycles. The van der Waals surface area contributed by atoms with E-state index in [1.807, 2.05) is 0 Å². The van der Waals surface area contributed by atoms with Gasteiger partial charge in [-0.25, -0.2) is 14.8 Å². The van der Waals surface area contributed by atoms with Gasteiger partial charge in [0.1, 0.15) is 5.56 Å². The molecule has 0 fully saturated rings. The van der Waals surface area contributed by atoms with Crippen LogP contribution in [0.15, 0.2) is 11.4 Å². The number of anilines is 1. The molecule has 1 aromatic rings. The van der Waals surface area contributed by atoms with Crippen LogP contribution in [0.1, 0.15) is 17.3 Å². The molecule has 1 N–H and O–H groups in total. The minimum Gasteiger partial charge on any atom is -0.462 e. The van der Waals surface area contributed by atoms with Crippen molar-refractivity contribution in [1.82, 2.24) is 9.97 Å². The molecule has 1 amide bonds. The third kappa shape index (κ3) is 2.93. The minimum atomic E-state index is -0.556. The molecule has 0 aliphatic rings. The molecule has 1 heterocycles. The topological polar surface area (TPSA) is 81.2 Å². The molecule has 0 atom stereocenters. The summed E-state index contributed by atoms with van der Waals surface area (Å²) in [5.41, 5.74) is 0.145. The van der Waals surface area contributed by atoms with E-state index in [1.165, 1.54) is 18.0 Å². The number of hydrogen-bond acceptors (Lipinski definition) is 6. The van der Waals surface area contributed by atoms with E-state index < -0.39 is 5.97 Å². The Morgan fingerprint density at radius 2 is 2.44 bits per heavy atom. The predicted molar refractivity (Wildman–Crippen MR) is 59.5 cm³/mol. The van der Waals surface area contributed by atoms with Crippen molar-refractivity contribution in [2.75, 3.05) is 18.2 Å². The number of rotatable bonds is 5. The van der Waals surface area contributed by atoms with Crippen molar-refractivity contribution < 1.29 is 14.3 Å². The highest BCUT2D eigenvalue weighted by Crippen LogP contribution is 2.16. The van der Waals surface area contributed by atoms with E-state index >= 15 is 0 Å². The van der Waals surface area contributed by atoms with Crippen LogP contribution in [0.3, 0.4) is 0 Å². The first-order valence-corrected chi connectivity index (χ1v) is 5.73. The van der Waals surface area contributed by atoms with Crippen molar-refractivity contribution >= 4 is 30.0 Å². The van der Waals surface area contributed by atoms with Crippen LogP contribution in [0.4, 0.5) is 5.82 Å². The summed E-state index contributed by atoms with van der Waals surface area (Å²) in [7, 11) is 0. The van der Waals surface area contributed by atoms with Crippen LogP contribution < -0.4 is 5.32 Å². The van der Waals surface area contributed by atoms with Gasteiger partial charge < -0.3 is 10.1 Å². The molecule has 0 saturated carbocycles. The molecular formula is C9H11N3O3S. The lowest BCUT2D eigenvalue weighted by Gasteiger charge is -2.06. The van der Waals surface area contributed by atoms with Gasteiger partial charge in [0.05, 0.1) is 6.61 Å². The summed E-state index contributed by atoms with van der Waals surface area (Å²) in [4.78, 5) is 29.8. The summed E-state index contributed by atoms with van der Waals surface area (Å²) in [6.45, 7) is 1.95. The number of esters is 1. The van der Waals surface area contributed by atoms with Crippen molar-refractivity contribution in [3.8, 4) is 0 Å². The zero-order valence-electron chi connectivity index (χ0n) is 8.89. The molecule has 0 spiro atoms. The first-order valence-electron chi connectivity index (χ1n) is 4.51. The Bertz CT molecular complexity index is 398. The smallest absolute Gasteiger partial charge is 0.343 e. The molecule has 0 saturated heterocycles. The Morgan fingerprint density at radius 1 is 1.69 bits per heavy atom. The second-order valence-electron chi connectivity index (χ2n) is 2.60. The number of ether oxygens (including phenoxy) is 1. The second-order valence-corrected chi connectivity index (χ2v) is 3.38. The maximum absolute atomic E-state index is 11.5. The van der Waals surface area contributed by atoms with Crippen LogP contribution in [-0.4, -0.2) is 35.2 Å². The van der Waals surface area contributed by atoms with Gasteiger partial charge in [-0.1, -0.05) is 11.8 Å². The first kappa shape index (κ1) is 12.4. The first-order chi connectivity index (χ1) is 7.72. The third-order valence-electron chi connectivity index (χ3n) is 1.64. The highest BCUT2D eigenvalue weighted by molar-refractivity contribution is 7.98. The van der Waals surface area contributed by atoms with Crippen LogP contribution in [0.2, 0.25) is 0 Å². The average Bonchev–Trinajstić information content (AvgIpc) is 2.29. The Hall–Kier alpha value is -1.63. The SMILES string of the molecule is CCOC(=O)c1cnc(SC)nc1NC=O. The highest BCUT2D eigenvalue weighted by Gasteiger charge is 2.15. The summed E-state index contributed by atoms with van der Waals surface area (Å²) in [5, 5.41) is 2.81. The number of carbonyl (C=O) groups is 2. The molecule has 6 nitrogen and oxygen atoms in total. The summed E-state index contributed by atoms with van der Waals surface area (Å²) in [5.74, 6) is -0.396. The molecule has 1 rings (SSSR count). The summed E-state index contributed by atoms with van der Waals surface area (Å²) in [6.07, 6.45) is 3.59. The fourth-order valence-corrected chi connectivity index (χ4v) is 1.33. The van der Waals surface area contributed by atoms with E-state index in [4.69, 9.17) is 4.74 Å². The lowest BCUT2D eigenvalue weighted by Crippen LogP contribution is -2.11. The third-order valence-corrected chi connectivity index (χ3v) is 2.20. The van der Waals surface area contributed by atoms with E-state index in [1.54, 1.807) is 13.2 Å². The lowest BCUT2D eigenvalue weighted by molar-refractivity contribution is -0.105. The van der Waals surface area contributed by atoms with Gasteiger partial charge in [-0.2, -0.15) is 0 Å². The van der Waals surface area contributed by atoms with Gasteiger partial charge in [0.25, 0.3) is 0 Å². The van der Waals surface area contributed by atoms with Crippen LogP contribution in [0, 0.1) is 0 Å². The van der Waals surface area contributed by atoms with Crippen LogP contribution in [0.25, 0.3) is 0 Å². The van der Waals surface area contributed by atoms with Gasteiger partial charge >= 0.3 is 5.97 Å². The zero-order valence-corrected chi connectivity index (χ0v) is 9.71.